The van der Waals surface area contributed by atoms with Gasteiger partial charge in [0, 0.05) is 12.7 Å². The molecule has 0 aliphatic heterocycles. The van der Waals surface area contributed by atoms with E-state index in [0.717, 1.165) is 0 Å². The first-order valence-electron chi connectivity index (χ1n) is 4.45. The molecule has 0 atom stereocenters. The molecule has 0 saturated carbocycles. The maximum atomic E-state index is 11.7. The number of hydrogen-bond donors (Lipinski definition) is 2. The van der Waals surface area contributed by atoms with Crippen LogP contribution in [0.2, 0.25) is 0 Å². The van der Waals surface area contributed by atoms with Crippen molar-refractivity contribution < 1.29 is 9.90 Å². The Morgan fingerprint density at radius 2 is 2.13 bits per heavy atom. The van der Waals surface area contributed by atoms with Crippen LogP contribution in [-0.4, -0.2) is 27.7 Å². The smallest absolute Gasteiger partial charge is 0.323 e. The van der Waals surface area contributed by atoms with Gasteiger partial charge in [-0.15, -0.1) is 0 Å². The molecule has 6 nitrogen and oxygen atoms in total. The maximum absolute atomic E-state index is 11.7. The Labute approximate surface area is 86.6 Å². The van der Waals surface area contributed by atoms with Crippen molar-refractivity contribution in [3.8, 4) is 0 Å². The number of rotatable bonds is 3. The molecule has 82 valence electrons. The summed E-state index contributed by atoms with van der Waals surface area (Å²) < 4.78 is 1.19. The standard InChI is InChI=1S/C9H13N3O3/c1-5-6(2)12(4-7(13)14)9(15)8(10-3)11-5/h4H2,1-3H3,(H,10,11)(H,13,14). The number of anilines is 1. The number of carboxylic acid groups (broad SMARTS) is 1. The third-order valence-corrected chi connectivity index (χ3v) is 2.19. The SMILES string of the molecule is CNc1nc(C)c(C)n(CC(=O)O)c1=O. The quantitative estimate of drug-likeness (QED) is 0.734. The van der Waals surface area contributed by atoms with Gasteiger partial charge in [0.1, 0.15) is 6.54 Å². The van der Waals surface area contributed by atoms with Gasteiger partial charge in [-0.1, -0.05) is 0 Å². The van der Waals surface area contributed by atoms with Gasteiger partial charge in [-0.3, -0.25) is 14.2 Å². The molecule has 0 bridgehead atoms. The predicted molar refractivity (Wildman–Crippen MR) is 55.2 cm³/mol. The van der Waals surface area contributed by atoms with Crippen LogP contribution in [0.15, 0.2) is 4.79 Å². The van der Waals surface area contributed by atoms with Gasteiger partial charge in [0.2, 0.25) is 0 Å². The van der Waals surface area contributed by atoms with Gasteiger partial charge in [-0.05, 0) is 13.8 Å². The molecule has 1 aromatic rings. The van der Waals surface area contributed by atoms with Crippen LogP contribution in [0.3, 0.4) is 0 Å². The Morgan fingerprint density at radius 1 is 1.53 bits per heavy atom. The minimum Gasteiger partial charge on any atom is -0.480 e. The second-order valence-electron chi connectivity index (χ2n) is 3.17. The number of aromatic nitrogens is 2. The zero-order valence-electron chi connectivity index (χ0n) is 8.87. The Bertz CT molecular complexity index is 451. The van der Waals surface area contributed by atoms with E-state index in [4.69, 9.17) is 5.11 Å². The first-order chi connectivity index (χ1) is 6.97. The van der Waals surface area contributed by atoms with Crippen LogP contribution in [0.5, 0.6) is 0 Å². The number of aryl methyl sites for hydroxylation is 1. The van der Waals surface area contributed by atoms with Crippen LogP contribution < -0.4 is 10.9 Å². The molecular weight excluding hydrogens is 198 g/mol. The fraction of sp³-hybridized carbons (Fsp3) is 0.444. The van der Waals surface area contributed by atoms with E-state index in [1.807, 2.05) is 0 Å². The molecule has 0 saturated heterocycles. The molecule has 0 fully saturated rings. The van der Waals surface area contributed by atoms with E-state index in [1.165, 1.54) is 4.57 Å². The molecule has 15 heavy (non-hydrogen) atoms. The van der Waals surface area contributed by atoms with Gasteiger partial charge >= 0.3 is 5.97 Å². The summed E-state index contributed by atoms with van der Waals surface area (Å²) in [6, 6.07) is 0. The lowest BCUT2D eigenvalue weighted by Gasteiger charge is -2.11. The Morgan fingerprint density at radius 3 is 2.60 bits per heavy atom. The third-order valence-electron chi connectivity index (χ3n) is 2.19. The third kappa shape index (κ3) is 2.15. The molecule has 2 N–H and O–H groups in total. The lowest BCUT2D eigenvalue weighted by molar-refractivity contribution is -0.137. The van der Waals surface area contributed by atoms with Crippen LogP contribution in [0.25, 0.3) is 0 Å². The highest BCUT2D eigenvalue weighted by Gasteiger charge is 2.12. The Hall–Kier alpha value is -1.85. The Kier molecular flexibility index (Phi) is 3.08. The molecular formula is C9H13N3O3. The van der Waals surface area contributed by atoms with Gasteiger partial charge < -0.3 is 10.4 Å². The highest BCUT2D eigenvalue weighted by Crippen LogP contribution is 2.04. The molecule has 1 rings (SSSR count). The highest BCUT2D eigenvalue weighted by atomic mass is 16.4. The van der Waals surface area contributed by atoms with E-state index in [2.05, 4.69) is 10.3 Å². The highest BCUT2D eigenvalue weighted by molar-refractivity contribution is 5.66. The van der Waals surface area contributed by atoms with Crippen LogP contribution in [-0.2, 0) is 11.3 Å². The predicted octanol–water partition coefficient (Wildman–Crippen LogP) is -0.0136. The average Bonchev–Trinajstić information content (AvgIpc) is 2.18. The van der Waals surface area contributed by atoms with E-state index in [1.54, 1.807) is 20.9 Å². The van der Waals surface area contributed by atoms with Crippen LogP contribution in [0.4, 0.5) is 5.82 Å². The van der Waals surface area contributed by atoms with E-state index < -0.39 is 11.5 Å². The summed E-state index contributed by atoms with van der Waals surface area (Å²) in [7, 11) is 1.57. The van der Waals surface area contributed by atoms with Gasteiger partial charge in [-0.2, -0.15) is 0 Å². The lowest BCUT2D eigenvalue weighted by Crippen LogP contribution is -2.29. The maximum Gasteiger partial charge on any atom is 0.323 e. The molecule has 1 aromatic heterocycles. The summed E-state index contributed by atoms with van der Waals surface area (Å²) in [4.78, 5) is 26.3. The first-order valence-corrected chi connectivity index (χ1v) is 4.45. The second-order valence-corrected chi connectivity index (χ2v) is 3.17. The first kappa shape index (κ1) is 11.2. The van der Waals surface area contributed by atoms with E-state index in [0.29, 0.717) is 11.4 Å². The summed E-state index contributed by atoms with van der Waals surface area (Å²) in [5.41, 5.74) is 0.796. The van der Waals surface area contributed by atoms with Crippen molar-refractivity contribution in [2.24, 2.45) is 0 Å². The summed E-state index contributed by atoms with van der Waals surface area (Å²) in [6.45, 7) is 3.06. The van der Waals surface area contributed by atoms with Gasteiger partial charge in [0.25, 0.3) is 5.56 Å². The topological polar surface area (TPSA) is 84.2 Å². The van der Waals surface area contributed by atoms with E-state index in [-0.39, 0.29) is 12.4 Å². The number of carboxylic acids is 1. The van der Waals surface area contributed by atoms with Gasteiger partial charge in [0.05, 0.1) is 5.69 Å². The normalized spacial score (nSPS) is 10.1. The average molecular weight is 211 g/mol. The van der Waals surface area contributed by atoms with Crippen LogP contribution in [0.1, 0.15) is 11.4 Å². The van der Waals surface area contributed by atoms with Crippen molar-refractivity contribution in [1.82, 2.24) is 9.55 Å². The summed E-state index contributed by atoms with van der Waals surface area (Å²) in [5, 5.41) is 11.3. The van der Waals surface area contributed by atoms with E-state index in [9.17, 15) is 9.59 Å². The van der Waals surface area contributed by atoms with Crippen molar-refractivity contribution in [3.63, 3.8) is 0 Å². The monoisotopic (exact) mass is 211 g/mol. The summed E-state index contributed by atoms with van der Waals surface area (Å²) in [5.74, 6) is -0.882. The summed E-state index contributed by atoms with van der Waals surface area (Å²) >= 11 is 0. The molecule has 0 aliphatic rings. The minimum absolute atomic E-state index is 0.166. The van der Waals surface area contributed by atoms with Gasteiger partial charge in [-0.25, -0.2) is 4.98 Å². The van der Waals surface area contributed by atoms with Crippen molar-refractivity contribution >= 4 is 11.8 Å². The van der Waals surface area contributed by atoms with Crippen molar-refractivity contribution in [2.45, 2.75) is 20.4 Å². The lowest BCUT2D eigenvalue weighted by atomic mass is 10.3. The zero-order valence-corrected chi connectivity index (χ0v) is 8.87. The van der Waals surface area contributed by atoms with Crippen molar-refractivity contribution in [2.75, 3.05) is 12.4 Å². The Balaban J connectivity index is 3.40. The molecule has 0 radical (unpaired) electrons. The minimum atomic E-state index is -1.05. The molecule has 6 heteroatoms. The fourth-order valence-electron chi connectivity index (χ4n) is 1.26. The molecule has 0 spiro atoms. The largest absolute Gasteiger partial charge is 0.480 e. The van der Waals surface area contributed by atoms with Crippen LogP contribution in [0, 0.1) is 13.8 Å². The molecule has 0 unspecified atom stereocenters. The molecule has 0 amide bonds. The molecule has 0 aliphatic carbocycles. The van der Waals surface area contributed by atoms with E-state index >= 15 is 0 Å². The number of aliphatic carboxylic acids is 1. The summed E-state index contributed by atoms with van der Waals surface area (Å²) in [6.07, 6.45) is 0. The molecule has 1 heterocycles. The van der Waals surface area contributed by atoms with Gasteiger partial charge in [0.15, 0.2) is 5.82 Å². The molecule has 0 aromatic carbocycles. The van der Waals surface area contributed by atoms with Crippen LogP contribution >= 0.6 is 0 Å². The van der Waals surface area contributed by atoms with Crippen molar-refractivity contribution in [3.05, 3.63) is 21.7 Å². The zero-order chi connectivity index (χ0) is 11.6. The fourth-order valence-corrected chi connectivity index (χ4v) is 1.26. The second kappa shape index (κ2) is 4.12. The number of carbonyl (C=O) groups is 1. The number of nitrogens with one attached hydrogen (secondary N) is 1. The van der Waals surface area contributed by atoms with Crippen molar-refractivity contribution in [1.29, 1.82) is 0 Å². The number of hydrogen-bond acceptors (Lipinski definition) is 4. The number of nitrogens with zero attached hydrogens (tertiary/aromatic N) is 2.